The van der Waals surface area contributed by atoms with E-state index in [2.05, 4.69) is 19.2 Å². The zero-order valence-electron chi connectivity index (χ0n) is 17.4. The van der Waals surface area contributed by atoms with E-state index in [1.54, 1.807) is 42.5 Å². The number of hydrogen-bond acceptors (Lipinski definition) is 6. The van der Waals surface area contributed by atoms with Crippen LogP contribution in [0.25, 0.3) is 0 Å². The summed E-state index contributed by atoms with van der Waals surface area (Å²) in [5.41, 5.74) is 0.842. The van der Waals surface area contributed by atoms with E-state index in [1.807, 2.05) is 0 Å². The first-order valence-electron chi connectivity index (χ1n) is 9.30. The highest BCUT2D eigenvalue weighted by Crippen LogP contribution is 2.29. The molecule has 0 aliphatic carbocycles. The molecule has 0 aromatic heterocycles. The predicted molar refractivity (Wildman–Crippen MR) is 110 cm³/mol. The van der Waals surface area contributed by atoms with E-state index in [1.165, 1.54) is 21.1 Å². The molecule has 7 heteroatoms. The average Bonchev–Trinajstić information content (AvgIpc) is 2.72. The molecular weight excluding hydrogens is 374 g/mol. The fourth-order valence-corrected chi connectivity index (χ4v) is 2.39. The van der Waals surface area contributed by atoms with Gasteiger partial charge in [0.2, 0.25) is 0 Å². The molecule has 2 rings (SSSR count). The lowest BCUT2D eigenvalue weighted by atomic mass is 10.2. The van der Waals surface area contributed by atoms with Crippen LogP contribution in [0, 0.1) is 5.92 Å². The lowest BCUT2D eigenvalue weighted by Gasteiger charge is -2.15. The van der Waals surface area contributed by atoms with Crippen molar-refractivity contribution < 1.29 is 28.5 Å². The fraction of sp³-hybridized carbons (Fsp3) is 0.364. The summed E-state index contributed by atoms with van der Waals surface area (Å²) < 4.78 is 21.2. The maximum Gasteiger partial charge on any atom is 0.338 e. The molecule has 2 aromatic carbocycles. The van der Waals surface area contributed by atoms with Crippen molar-refractivity contribution in [3.63, 3.8) is 0 Å². The van der Waals surface area contributed by atoms with Crippen LogP contribution in [-0.2, 0) is 9.53 Å². The second kappa shape index (κ2) is 10.4. The van der Waals surface area contributed by atoms with Gasteiger partial charge >= 0.3 is 5.97 Å². The first-order valence-corrected chi connectivity index (χ1v) is 9.30. The summed E-state index contributed by atoms with van der Waals surface area (Å²) in [4.78, 5) is 24.6. The molecule has 0 bridgehead atoms. The molecule has 29 heavy (non-hydrogen) atoms. The van der Waals surface area contributed by atoms with Gasteiger partial charge in [-0.15, -0.1) is 0 Å². The number of amides is 1. The number of nitrogens with one attached hydrogen (secondary N) is 1. The number of rotatable bonds is 9. The van der Waals surface area contributed by atoms with Gasteiger partial charge < -0.3 is 24.3 Å². The van der Waals surface area contributed by atoms with Crippen LogP contribution in [0.2, 0.25) is 0 Å². The highest BCUT2D eigenvalue weighted by Gasteiger charge is 2.19. The van der Waals surface area contributed by atoms with Gasteiger partial charge in [-0.05, 0) is 49.2 Å². The number of methoxy groups -OCH3 is 2. The standard InChI is InChI=1S/C22H27NO6/c1-14(2)13-28-18-9-6-16(7-10-18)22(25)29-15(3)21(24)23-17-8-11-19(26-4)20(12-17)27-5/h6-12,14-15H,13H2,1-5H3,(H,23,24)/t15-/m1/s1. The summed E-state index contributed by atoms with van der Waals surface area (Å²) in [5, 5.41) is 2.69. The Morgan fingerprint density at radius 3 is 2.17 bits per heavy atom. The molecule has 1 N–H and O–H groups in total. The highest BCUT2D eigenvalue weighted by molar-refractivity contribution is 5.97. The quantitative estimate of drug-likeness (QED) is 0.641. The Morgan fingerprint density at radius 2 is 1.59 bits per heavy atom. The van der Waals surface area contributed by atoms with Crippen LogP contribution >= 0.6 is 0 Å². The van der Waals surface area contributed by atoms with Crippen LogP contribution in [-0.4, -0.2) is 38.8 Å². The largest absolute Gasteiger partial charge is 0.493 e. The minimum absolute atomic E-state index is 0.340. The second-order valence-electron chi connectivity index (χ2n) is 6.84. The van der Waals surface area contributed by atoms with Crippen LogP contribution in [0.4, 0.5) is 5.69 Å². The van der Waals surface area contributed by atoms with E-state index < -0.39 is 18.0 Å². The minimum atomic E-state index is -0.979. The maximum atomic E-state index is 12.4. The van der Waals surface area contributed by atoms with Crippen molar-refractivity contribution in [1.29, 1.82) is 0 Å². The van der Waals surface area contributed by atoms with Crippen molar-refractivity contribution in [3.8, 4) is 17.2 Å². The number of ether oxygens (including phenoxy) is 4. The number of benzene rings is 2. The topological polar surface area (TPSA) is 83.1 Å². The first kappa shape index (κ1) is 22.1. The van der Waals surface area contributed by atoms with Gasteiger partial charge in [-0.3, -0.25) is 4.79 Å². The summed E-state index contributed by atoms with van der Waals surface area (Å²) in [6.07, 6.45) is -0.979. The van der Waals surface area contributed by atoms with Gasteiger partial charge in [0.1, 0.15) is 5.75 Å². The monoisotopic (exact) mass is 401 g/mol. The van der Waals surface area contributed by atoms with E-state index >= 15 is 0 Å². The number of carbonyl (C=O) groups is 2. The molecule has 2 aromatic rings. The van der Waals surface area contributed by atoms with Crippen molar-refractivity contribution in [2.24, 2.45) is 5.92 Å². The Bertz CT molecular complexity index is 832. The van der Waals surface area contributed by atoms with Crippen LogP contribution in [0.5, 0.6) is 17.2 Å². The Balaban J connectivity index is 1.94. The third-order valence-electron chi connectivity index (χ3n) is 3.98. The van der Waals surface area contributed by atoms with E-state index in [9.17, 15) is 9.59 Å². The number of carbonyl (C=O) groups excluding carboxylic acids is 2. The third-order valence-corrected chi connectivity index (χ3v) is 3.98. The van der Waals surface area contributed by atoms with Crippen LogP contribution < -0.4 is 19.5 Å². The molecule has 0 aliphatic rings. The zero-order chi connectivity index (χ0) is 21.4. The highest BCUT2D eigenvalue weighted by atomic mass is 16.5. The van der Waals surface area contributed by atoms with E-state index in [0.717, 1.165) is 0 Å². The summed E-state index contributed by atoms with van der Waals surface area (Å²) >= 11 is 0. The van der Waals surface area contributed by atoms with Crippen LogP contribution in [0.3, 0.4) is 0 Å². The Hall–Kier alpha value is -3.22. The van der Waals surface area contributed by atoms with Crippen molar-refractivity contribution in [1.82, 2.24) is 0 Å². The second-order valence-corrected chi connectivity index (χ2v) is 6.84. The maximum absolute atomic E-state index is 12.4. The molecular formula is C22H27NO6. The lowest BCUT2D eigenvalue weighted by Crippen LogP contribution is -2.30. The van der Waals surface area contributed by atoms with Crippen molar-refractivity contribution >= 4 is 17.6 Å². The van der Waals surface area contributed by atoms with Gasteiger partial charge in [0.15, 0.2) is 17.6 Å². The molecule has 156 valence electrons. The molecule has 0 aliphatic heterocycles. The third kappa shape index (κ3) is 6.41. The van der Waals surface area contributed by atoms with Crippen molar-refractivity contribution in [2.45, 2.75) is 26.9 Å². The molecule has 0 unspecified atom stereocenters. The average molecular weight is 401 g/mol. The van der Waals surface area contributed by atoms with Crippen molar-refractivity contribution in [2.75, 3.05) is 26.1 Å². The molecule has 0 saturated heterocycles. The SMILES string of the molecule is COc1ccc(NC(=O)[C@@H](C)OC(=O)c2ccc(OCC(C)C)cc2)cc1OC. The Labute approximate surface area is 170 Å². The normalized spacial score (nSPS) is 11.5. The lowest BCUT2D eigenvalue weighted by molar-refractivity contribution is -0.123. The number of hydrogen-bond donors (Lipinski definition) is 1. The van der Waals surface area contributed by atoms with Gasteiger partial charge in [-0.1, -0.05) is 13.8 Å². The summed E-state index contributed by atoms with van der Waals surface area (Å²) in [7, 11) is 3.04. The molecule has 1 amide bonds. The predicted octanol–water partition coefficient (Wildman–Crippen LogP) is 3.92. The van der Waals surface area contributed by atoms with Crippen molar-refractivity contribution in [3.05, 3.63) is 48.0 Å². The molecule has 0 spiro atoms. The van der Waals surface area contributed by atoms with E-state index in [0.29, 0.717) is 41.0 Å². The molecule has 0 saturated carbocycles. The van der Waals surface area contributed by atoms with Gasteiger partial charge in [-0.2, -0.15) is 0 Å². The summed E-state index contributed by atoms with van der Waals surface area (Å²) in [6, 6.07) is 11.6. The smallest absolute Gasteiger partial charge is 0.338 e. The van der Waals surface area contributed by atoms with Gasteiger partial charge in [0.05, 0.1) is 26.4 Å². The molecule has 7 nitrogen and oxygen atoms in total. The fourth-order valence-electron chi connectivity index (χ4n) is 2.39. The number of anilines is 1. The first-order chi connectivity index (χ1) is 13.8. The van der Waals surface area contributed by atoms with Gasteiger partial charge in [0.25, 0.3) is 5.91 Å². The van der Waals surface area contributed by atoms with Gasteiger partial charge in [-0.25, -0.2) is 4.79 Å². The Kier molecular flexibility index (Phi) is 7.88. The van der Waals surface area contributed by atoms with Crippen LogP contribution in [0.1, 0.15) is 31.1 Å². The van der Waals surface area contributed by atoms with Crippen LogP contribution in [0.15, 0.2) is 42.5 Å². The molecule has 0 radical (unpaired) electrons. The Morgan fingerprint density at radius 1 is 0.931 bits per heavy atom. The van der Waals surface area contributed by atoms with Gasteiger partial charge in [0, 0.05) is 11.8 Å². The zero-order valence-corrected chi connectivity index (χ0v) is 17.4. The minimum Gasteiger partial charge on any atom is -0.493 e. The van der Waals surface area contributed by atoms with E-state index in [-0.39, 0.29) is 0 Å². The van der Waals surface area contributed by atoms with E-state index in [4.69, 9.17) is 18.9 Å². The number of esters is 1. The summed E-state index contributed by atoms with van der Waals surface area (Å²) in [6.45, 7) is 6.21. The summed E-state index contributed by atoms with van der Waals surface area (Å²) in [5.74, 6) is 1.07. The molecule has 0 heterocycles. The molecule has 1 atom stereocenters. The molecule has 0 fully saturated rings.